The van der Waals surface area contributed by atoms with Crippen LogP contribution in [0.5, 0.6) is 0 Å². The van der Waals surface area contributed by atoms with E-state index in [1.807, 2.05) is 0 Å². The first-order valence-electron chi connectivity index (χ1n) is 6.14. The third kappa shape index (κ3) is 2.87. The Bertz CT molecular complexity index is 602. The molecule has 0 N–H and O–H groups in total. The summed E-state index contributed by atoms with van der Waals surface area (Å²) in [5.41, 5.74) is 0. The number of nitrogens with zero attached hydrogens (tertiary/aromatic N) is 1. The second-order valence-electron chi connectivity index (χ2n) is 5.24. The maximum absolute atomic E-state index is 13.2. The molecule has 160 valence electrons. The highest BCUT2D eigenvalue weighted by molar-refractivity contribution is 5.86. The molecule has 0 atom stereocenters. The molecule has 0 aromatic rings. The molecule has 1 amide bonds. The molecule has 27 heavy (non-hydrogen) atoms. The van der Waals surface area contributed by atoms with E-state index in [1.165, 1.54) is 0 Å². The minimum Gasteiger partial charge on any atom is -0.334 e. The first-order valence-corrected chi connectivity index (χ1v) is 6.14. The Hall–Kier alpha value is -1.58. The Morgan fingerprint density at radius 1 is 0.519 bits per heavy atom. The molecule has 0 aromatic carbocycles. The molecule has 2 nitrogen and oxygen atoms in total. The average molecular weight is 439 g/mol. The van der Waals surface area contributed by atoms with E-state index in [9.17, 15) is 70.7 Å². The molecule has 0 radical (unpaired) electrons. The first-order chi connectivity index (χ1) is 11.5. The molecule has 1 fully saturated rings. The number of hydrogen-bond donors (Lipinski definition) is 0. The minimum absolute atomic E-state index is 0.329. The highest BCUT2D eigenvalue weighted by Crippen LogP contribution is 2.62. The van der Waals surface area contributed by atoms with Crippen molar-refractivity contribution in [3.8, 4) is 0 Å². The van der Waals surface area contributed by atoms with E-state index >= 15 is 0 Å². The van der Waals surface area contributed by atoms with Gasteiger partial charge in [0.15, 0.2) is 0 Å². The molecular formula is C10H4F15NO. The summed E-state index contributed by atoms with van der Waals surface area (Å²) >= 11 is 0. The summed E-state index contributed by atoms with van der Waals surface area (Å²) in [4.78, 5) is 10.5. The minimum atomic E-state index is -8.37. The summed E-state index contributed by atoms with van der Waals surface area (Å²) in [6.07, 6.45) is -7.65. The summed E-state index contributed by atoms with van der Waals surface area (Å²) in [6, 6.07) is 0. The molecule has 1 rings (SSSR count). The second kappa shape index (κ2) is 5.71. The Morgan fingerprint density at radius 3 is 1.11 bits per heavy atom. The Labute approximate surface area is 137 Å². The van der Waals surface area contributed by atoms with Crippen LogP contribution in [0.1, 0.15) is 0 Å². The second-order valence-corrected chi connectivity index (χ2v) is 5.24. The molecule has 0 bridgehead atoms. The maximum atomic E-state index is 13.2. The predicted molar refractivity (Wildman–Crippen MR) is 52.3 cm³/mol. The lowest BCUT2D eigenvalue weighted by molar-refractivity contribution is -0.449. The summed E-state index contributed by atoms with van der Waals surface area (Å²) in [5, 5.41) is 0. The van der Waals surface area contributed by atoms with E-state index in [0.717, 1.165) is 0 Å². The van der Waals surface area contributed by atoms with Gasteiger partial charge in [-0.1, -0.05) is 0 Å². The van der Waals surface area contributed by atoms with Crippen molar-refractivity contribution in [3.63, 3.8) is 0 Å². The fourth-order valence-electron chi connectivity index (χ4n) is 1.55. The van der Waals surface area contributed by atoms with Gasteiger partial charge in [-0.3, -0.25) is 4.79 Å². The smallest absolute Gasteiger partial charge is 0.334 e. The largest absolute Gasteiger partial charge is 0.460 e. The van der Waals surface area contributed by atoms with Crippen molar-refractivity contribution < 1.29 is 70.7 Å². The zero-order chi connectivity index (χ0) is 22.1. The van der Waals surface area contributed by atoms with Crippen molar-refractivity contribution in [2.75, 3.05) is 13.1 Å². The van der Waals surface area contributed by atoms with Crippen LogP contribution < -0.4 is 0 Å². The van der Waals surface area contributed by atoms with Crippen LogP contribution in [0.2, 0.25) is 0 Å². The van der Waals surface area contributed by atoms with Gasteiger partial charge in [-0.25, -0.2) is 0 Å². The molecule has 0 saturated carbocycles. The lowest BCUT2D eigenvalue weighted by Gasteiger charge is -2.41. The molecule has 0 aliphatic carbocycles. The zero-order valence-electron chi connectivity index (χ0n) is 11.9. The topological polar surface area (TPSA) is 20.1 Å². The van der Waals surface area contributed by atoms with Gasteiger partial charge in [0.05, 0.1) is 0 Å². The van der Waals surface area contributed by atoms with Gasteiger partial charge in [0.1, 0.15) is 0 Å². The highest BCUT2D eigenvalue weighted by atomic mass is 19.4. The molecular weight excluding hydrogens is 435 g/mol. The van der Waals surface area contributed by atoms with Crippen LogP contribution in [0.4, 0.5) is 65.9 Å². The van der Waals surface area contributed by atoms with Crippen molar-refractivity contribution in [2.24, 2.45) is 0 Å². The maximum Gasteiger partial charge on any atom is 0.460 e. The number of carbonyl (C=O) groups excluding carboxylic acids is 1. The Morgan fingerprint density at radius 2 is 0.815 bits per heavy atom. The number of amides is 1. The van der Waals surface area contributed by atoms with Gasteiger partial charge in [-0.15, -0.1) is 0 Å². The van der Waals surface area contributed by atoms with E-state index in [1.54, 1.807) is 0 Å². The third-order valence-electron chi connectivity index (χ3n) is 3.33. The summed E-state index contributed by atoms with van der Waals surface area (Å²) in [6.45, 7) is -1.48. The first kappa shape index (κ1) is 23.5. The van der Waals surface area contributed by atoms with Crippen LogP contribution in [0, 0.1) is 0 Å². The van der Waals surface area contributed by atoms with E-state index in [4.69, 9.17) is 0 Å². The van der Waals surface area contributed by atoms with Crippen LogP contribution in [-0.2, 0) is 4.79 Å². The molecule has 0 aromatic heterocycles. The van der Waals surface area contributed by atoms with Gasteiger partial charge in [0.2, 0.25) is 0 Å². The number of rotatable bonds is 6. The third-order valence-corrected chi connectivity index (χ3v) is 3.33. The molecule has 1 aliphatic rings. The molecule has 0 unspecified atom stereocenters. The van der Waals surface area contributed by atoms with Crippen molar-refractivity contribution >= 4 is 5.91 Å². The lowest BCUT2D eigenvalue weighted by atomic mass is 9.91. The van der Waals surface area contributed by atoms with Crippen molar-refractivity contribution in [2.45, 2.75) is 41.7 Å². The zero-order valence-corrected chi connectivity index (χ0v) is 11.9. The Kier molecular flexibility index (Phi) is 4.96. The van der Waals surface area contributed by atoms with E-state index in [-0.39, 0.29) is 4.90 Å². The van der Waals surface area contributed by atoms with Gasteiger partial charge < -0.3 is 4.90 Å². The van der Waals surface area contributed by atoms with E-state index < -0.39 is 60.7 Å². The van der Waals surface area contributed by atoms with Gasteiger partial charge in [-0.2, -0.15) is 65.9 Å². The molecule has 1 saturated heterocycles. The van der Waals surface area contributed by atoms with Crippen LogP contribution in [0.3, 0.4) is 0 Å². The number of carbonyl (C=O) groups is 1. The lowest BCUT2D eigenvalue weighted by Crippen LogP contribution is -2.73. The number of halogens is 15. The normalized spacial score (nSPS) is 18.0. The van der Waals surface area contributed by atoms with Crippen molar-refractivity contribution in [3.05, 3.63) is 0 Å². The molecule has 0 spiro atoms. The number of alkyl halides is 15. The summed E-state index contributed by atoms with van der Waals surface area (Å²) in [7, 11) is 0. The standard InChI is InChI=1S/C10H4F15NO/c11-4(12,3(27)26-1-2-26)5(13,14)6(15,16)7(17,18)8(19,20)9(21,22)10(23,24)25/h1-2H2. The quantitative estimate of drug-likeness (QED) is 0.449. The summed E-state index contributed by atoms with van der Waals surface area (Å²) < 4.78 is 192. The van der Waals surface area contributed by atoms with Gasteiger partial charge in [0, 0.05) is 13.1 Å². The van der Waals surface area contributed by atoms with Crippen LogP contribution in [0.25, 0.3) is 0 Å². The van der Waals surface area contributed by atoms with Crippen molar-refractivity contribution in [1.82, 2.24) is 4.90 Å². The summed E-state index contributed by atoms with van der Waals surface area (Å²) in [5.74, 6) is -50.8. The van der Waals surface area contributed by atoms with Crippen LogP contribution in [-0.4, -0.2) is 65.6 Å². The van der Waals surface area contributed by atoms with E-state index in [0.29, 0.717) is 0 Å². The fraction of sp³-hybridized carbons (Fsp3) is 0.900. The SMILES string of the molecule is O=C(N1CC1)C(F)(F)C(F)(F)C(F)(F)C(F)(F)C(F)(F)C(F)(F)C(F)(F)F. The molecule has 1 heterocycles. The Balaban J connectivity index is 3.52. The monoisotopic (exact) mass is 439 g/mol. The van der Waals surface area contributed by atoms with Gasteiger partial charge in [-0.05, 0) is 0 Å². The predicted octanol–water partition coefficient (Wildman–Crippen LogP) is 4.20. The van der Waals surface area contributed by atoms with Gasteiger partial charge in [0.25, 0.3) is 5.91 Å². The number of hydrogen-bond acceptors (Lipinski definition) is 1. The van der Waals surface area contributed by atoms with Crippen molar-refractivity contribution in [1.29, 1.82) is 0 Å². The van der Waals surface area contributed by atoms with Gasteiger partial charge >= 0.3 is 41.7 Å². The van der Waals surface area contributed by atoms with Crippen LogP contribution >= 0.6 is 0 Å². The van der Waals surface area contributed by atoms with Crippen LogP contribution in [0.15, 0.2) is 0 Å². The molecule has 17 heteroatoms. The fourth-order valence-corrected chi connectivity index (χ4v) is 1.55. The highest BCUT2D eigenvalue weighted by Gasteiger charge is 2.94. The van der Waals surface area contributed by atoms with E-state index in [2.05, 4.69) is 0 Å². The molecule has 1 aliphatic heterocycles. The average Bonchev–Trinajstić information content (AvgIpc) is 3.28.